The highest BCUT2D eigenvalue weighted by atomic mass is 19.2. The monoisotopic (exact) mass is 319 g/mol. The Kier molecular flexibility index (Phi) is 5.41. The van der Waals surface area contributed by atoms with E-state index in [1.165, 1.54) is 30.3 Å². The molecule has 0 fully saturated rings. The minimum Gasteiger partial charge on any atom is -0.462 e. The molecule has 23 heavy (non-hydrogen) atoms. The van der Waals surface area contributed by atoms with Gasteiger partial charge in [0.05, 0.1) is 12.2 Å². The molecule has 0 aromatic heterocycles. The average molecular weight is 319 g/mol. The van der Waals surface area contributed by atoms with Crippen LogP contribution >= 0.6 is 0 Å². The summed E-state index contributed by atoms with van der Waals surface area (Å²) in [5.41, 5.74) is 0.784. The van der Waals surface area contributed by atoms with Crippen molar-refractivity contribution in [3.63, 3.8) is 0 Å². The molecular weight excluding hydrogens is 304 g/mol. The van der Waals surface area contributed by atoms with Gasteiger partial charge in [0.15, 0.2) is 11.6 Å². The first kappa shape index (κ1) is 16.6. The highest BCUT2D eigenvalue weighted by Crippen LogP contribution is 2.14. The first-order valence-electron chi connectivity index (χ1n) is 7.05. The third-order valence-corrected chi connectivity index (χ3v) is 3.00. The first-order chi connectivity index (χ1) is 11.0. The molecule has 0 heterocycles. The van der Waals surface area contributed by atoms with E-state index in [9.17, 15) is 18.4 Å². The zero-order valence-corrected chi connectivity index (χ0v) is 12.4. The number of carbonyl (C=O) groups is 2. The summed E-state index contributed by atoms with van der Waals surface area (Å²) in [5.74, 6) is -3.13. The number of esters is 1. The van der Waals surface area contributed by atoms with Crippen LogP contribution in [0.3, 0.4) is 0 Å². The van der Waals surface area contributed by atoms with Gasteiger partial charge in [-0.1, -0.05) is 6.92 Å². The van der Waals surface area contributed by atoms with Gasteiger partial charge in [-0.15, -0.1) is 0 Å². The maximum absolute atomic E-state index is 13.1. The molecule has 0 saturated heterocycles. The van der Waals surface area contributed by atoms with Gasteiger partial charge in [0, 0.05) is 11.3 Å². The molecule has 0 bridgehead atoms. The second-order valence-corrected chi connectivity index (χ2v) is 4.80. The maximum atomic E-state index is 13.1. The molecule has 0 saturated carbocycles. The van der Waals surface area contributed by atoms with Gasteiger partial charge in [-0.25, -0.2) is 13.6 Å². The molecule has 0 aliphatic heterocycles. The Balaban J connectivity index is 2.04. The number of halogens is 2. The molecule has 0 radical (unpaired) electrons. The molecule has 2 aromatic rings. The lowest BCUT2D eigenvalue weighted by Gasteiger charge is -2.07. The topological polar surface area (TPSA) is 55.4 Å². The van der Waals surface area contributed by atoms with E-state index in [2.05, 4.69) is 5.32 Å². The Morgan fingerprint density at radius 1 is 1.00 bits per heavy atom. The summed E-state index contributed by atoms with van der Waals surface area (Å²) in [6.45, 7) is 2.23. The number of carbonyl (C=O) groups excluding carboxylic acids is 2. The average Bonchev–Trinajstić information content (AvgIpc) is 2.55. The largest absolute Gasteiger partial charge is 0.462 e. The van der Waals surface area contributed by atoms with Crippen molar-refractivity contribution in [2.75, 3.05) is 11.9 Å². The molecule has 0 aliphatic rings. The molecule has 1 N–H and O–H groups in total. The van der Waals surface area contributed by atoms with E-state index in [0.717, 1.165) is 18.6 Å². The molecule has 2 rings (SSSR count). The van der Waals surface area contributed by atoms with Crippen molar-refractivity contribution in [1.29, 1.82) is 0 Å². The van der Waals surface area contributed by atoms with Gasteiger partial charge in [0.1, 0.15) is 0 Å². The van der Waals surface area contributed by atoms with E-state index in [4.69, 9.17) is 4.74 Å². The van der Waals surface area contributed by atoms with Crippen molar-refractivity contribution in [3.05, 3.63) is 65.2 Å². The fourth-order valence-corrected chi connectivity index (χ4v) is 1.81. The van der Waals surface area contributed by atoms with Gasteiger partial charge < -0.3 is 10.1 Å². The van der Waals surface area contributed by atoms with Crippen LogP contribution in [0.5, 0.6) is 0 Å². The highest BCUT2D eigenvalue weighted by molar-refractivity contribution is 6.04. The van der Waals surface area contributed by atoms with Crippen molar-refractivity contribution in [2.45, 2.75) is 13.3 Å². The van der Waals surface area contributed by atoms with Gasteiger partial charge in [-0.2, -0.15) is 0 Å². The second kappa shape index (κ2) is 7.49. The number of ether oxygens (including phenoxy) is 1. The van der Waals surface area contributed by atoms with Crippen molar-refractivity contribution in [3.8, 4) is 0 Å². The molecular formula is C17H15F2NO3. The molecule has 4 nitrogen and oxygen atoms in total. The van der Waals surface area contributed by atoms with Crippen molar-refractivity contribution >= 4 is 17.6 Å². The van der Waals surface area contributed by atoms with E-state index >= 15 is 0 Å². The highest BCUT2D eigenvalue weighted by Gasteiger charge is 2.11. The van der Waals surface area contributed by atoms with Crippen LogP contribution in [0.4, 0.5) is 14.5 Å². The molecule has 6 heteroatoms. The normalized spacial score (nSPS) is 10.2. The van der Waals surface area contributed by atoms with Crippen LogP contribution < -0.4 is 5.32 Å². The summed E-state index contributed by atoms with van der Waals surface area (Å²) in [7, 11) is 0. The van der Waals surface area contributed by atoms with Crippen molar-refractivity contribution in [1.82, 2.24) is 0 Å². The number of amides is 1. The van der Waals surface area contributed by atoms with Crippen LogP contribution in [0.25, 0.3) is 0 Å². The molecule has 120 valence electrons. The Morgan fingerprint density at radius 2 is 1.65 bits per heavy atom. The van der Waals surface area contributed by atoms with E-state index < -0.39 is 23.5 Å². The number of benzene rings is 2. The van der Waals surface area contributed by atoms with Crippen molar-refractivity contribution in [2.24, 2.45) is 0 Å². The fraction of sp³-hybridized carbons (Fsp3) is 0.176. The lowest BCUT2D eigenvalue weighted by molar-refractivity contribution is 0.0505. The van der Waals surface area contributed by atoms with Crippen LogP contribution in [0.15, 0.2) is 42.5 Å². The third-order valence-electron chi connectivity index (χ3n) is 3.00. The number of rotatable bonds is 5. The number of nitrogens with one attached hydrogen (secondary N) is 1. The molecule has 0 spiro atoms. The zero-order valence-electron chi connectivity index (χ0n) is 12.4. The Morgan fingerprint density at radius 3 is 2.26 bits per heavy atom. The molecule has 0 aliphatic carbocycles. The standard InChI is InChI=1S/C17H15F2NO3/c1-2-9-23-17(22)11-3-6-13(7-4-11)20-16(21)12-5-8-14(18)15(19)10-12/h3-8,10H,2,9H2,1H3,(H,20,21). The third kappa shape index (κ3) is 4.35. The lowest BCUT2D eigenvalue weighted by atomic mass is 10.1. The minimum atomic E-state index is -1.09. The quantitative estimate of drug-likeness (QED) is 0.853. The summed E-state index contributed by atoms with van der Waals surface area (Å²) >= 11 is 0. The van der Waals surface area contributed by atoms with Crippen LogP contribution in [0, 0.1) is 11.6 Å². The van der Waals surface area contributed by atoms with Crippen LogP contribution in [-0.2, 0) is 4.74 Å². The summed E-state index contributed by atoms with van der Waals surface area (Å²) in [6.07, 6.45) is 0.730. The molecule has 0 atom stereocenters. The Bertz CT molecular complexity index is 714. The van der Waals surface area contributed by atoms with E-state index in [1.54, 1.807) is 0 Å². The summed E-state index contributed by atoms with van der Waals surface area (Å²) < 4.78 is 31.0. The minimum absolute atomic E-state index is 0.00432. The van der Waals surface area contributed by atoms with Gasteiger partial charge in [0.2, 0.25) is 0 Å². The predicted molar refractivity (Wildman–Crippen MR) is 81.3 cm³/mol. The van der Waals surface area contributed by atoms with Crippen LogP contribution in [-0.4, -0.2) is 18.5 Å². The van der Waals surface area contributed by atoms with Gasteiger partial charge in [-0.05, 0) is 48.9 Å². The van der Waals surface area contributed by atoms with Crippen LogP contribution in [0.1, 0.15) is 34.1 Å². The number of hydrogen-bond donors (Lipinski definition) is 1. The zero-order chi connectivity index (χ0) is 16.8. The first-order valence-corrected chi connectivity index (χ1v) is 7.05. The van der Waals surface area contributed by atoms with E-state index in [-0.39, 0.29) is 5.56 Å². The van der Waals surface area contributed by atoms with Crippen LogP contribution in [0.2, 0.25) is 0 Å². The Labute approximate surface area is 132 Å². The lowest BCUT2D eigenvalue weighted by Crippen LogP contribution is -2.12. The SMILES string of the molecule is CCCOC(=O)c1ccc(NC(=O)c2ccc(F)c(F)c2)cc1. The predicted octanol–water partition coefficient (Wildman–Crippen LogP) is 3.78. The Hall–Kier alpha value is -2.76. The van der Waals surface area contributed by atoms with E-state index in [0.29, 0.717) is 17.9 Å². The number of anilines is 1. The molecule has 1 amide bonds. The second-order valence-electron chi connectivity index (χ2n) is 4.80. The summed E-state index contributed by atoms with van der Waals surface area (Å²) in [6, 6.07) is 8.97. The fourth-order valence-electron chi connectivity index (χ4n) is 1.81. The summed E-state index contributed by atoms with van der Waals surface area (Å²) in [5, 5.41) is 2.53. The smallest absolute Gasteiger partial charge is 0.338 e. The van der Waals surface area contributed by atoms with Gasteiger partial charge in [0.25, 0.3) is 5.91 Å². The van der Waals surface area contributed by atoms with E-state index in [1.807, 2.05) is 6.92 Å². The summed E-state index contributed by atoms with van der Waals surface area (Å²) in [4.78, 5) is 23.6. The van der Waals surface area contributed by atoms with Gasteiger partial charge in [-0.3, -0.25) is 4.79 Å². The van der Waals surface area contributed by atoms with Gasteiger partial charge >= 0.3 is 5.97 Å². The van der Waals surface area contributed by atoms with Crippen molar-refractivity contribution < 1.29 is 23.1 Å². The maximum Gasteiger partial charge on any atom is 0.338 e. The molecule has 0 unspecified atom stereocenters. The number of hydrogen-bond acceptors (Lipinski definition) is 3. The molecule has 2 aromatic carbocycles.